The number of hydrogen-bond donors (Lipinski definition) is 0. The van der Waals surface area contributed by atoms with Gasteiger partial charge in [-0.15, -0.1) is 0 Å². The first kappa shape index (κ1) is 17.2. The van der Waals surface area contributed by atoms with E-state index in [-0.39, 0.29) is 0 Å². The fourth-order valence-electron chi connectivity index (χ4n) is 1.80. The molecule has 0 spiro atoms. The molecule has 103 valence electrons. The second kappa shape index (κ2) is 16.2. The summed E-state index contributed by atoms with van der Waals surface area (Å²) in [7, 11) is 0. The Labute approximate surface area is 115 Å². The zero-order valence-corrected chi connectivity index (χ0v) is 12.2. The van der Waals surface area contributed by atoms with Crippen LogP contribution in [0.1, 0.15) is 71.1 Å². The van der Waals surface area contributed by atoms with Crippen LogP contribution in [0.2, 0.25) is 0 Å². The summed E-state index contributed by atoms with van der Waals surface area (Å²) in [6, 6.07) is 0. The van der Waals surface area contributed by atoms with Gasteiger partial charge in [0.1, 0.15) is 0 Å². The zero-order chi connectivity index (χ0) is 13.3. The van der Waals surface area contributed by atoms with Gasteiger partial charge < -0.3 is 0 Å². The molecular formula is C18H31. The van der Waals surface area contributed by atoms with Crippen molar-refractivity contribution < 1.29 is 0 Å². The summed E-state index contributed by atoms with van der Waals surface area (Å²) >= 11 is 0. The summed E-state index contributed by atoms with van der Waals surface area (Å²) in [6.07, 6.45) is 26.0. The van der Waals surface area contributed by atoms with Crippen molar-refractivity contribution in [3.05, 3.63) is 43.4 Å². The summed E-state index contributed by atoms with van der Waals surface area (Å²) in [5.74, 6) is 0. The van der Waals surface area contributed by atoms with Crippen molar-refractivity contribution in [1.29, 1.82) is 0 Å². The Bertz CT molecular complexity index is 220. The van der Waals surface area contributed by atoms with Gasteiger partial charge in [0, 0.05) is 0 Å². The average molecular weight is 247 g/mol. The van der Waals surface area contributed by atoms with E-state index in [1.165, 1.54) is 38.5 Å². The Balaban J connectivity index is 3.20. The fourth-order valence-corrected chi connectivity index (χ4v) is 1.80. The predicted molar refractivity (Wildman–Crippen MR) is 84.6 cm³/mol. The second-order valence-corrected chi connectivity index (χ2v) is 4.70. The second-order valence-electron chi connectivity index (χ2n) is 4.70. The van der Waals surface area contributed by atoms with E-state index >= 15 is 0 Å². The molecule has 0 rings (SSSR count). The monoisotopic (exact) mass is 247 g/mol. The molecule has 0 amide bonds. The van der Waals surface area contributed by atoms with E-state index in [0.29, 0.717) is 0 Å². The van der Waals surface area contributed by atoms with Crippen LogP contribution < -0.4 is 0 Å². The van der Waals surface area contributed by atoms with Crippen molar-refractivity contribution in [3.63, 3.8) is 0 Å². The van der Waals surface area contributed by atoms with Crippen LogP contribution in [0, 0.1) is 6.92 Å². The largest absolute Gasteiger partial charge is 0.0885 e. The molecule has 0 saturated heterocycles. The van der Waals surface area contributed by atoms with E-state index in [9.17, 15) is 0 Å². The van der Waals surface area contributed by atoms with E-state index in [1.807, 2.05) is 0 Å². The lowest BCUT2D eigenvalue weighted by Crippen LogP contribution is -1.77. The first-order valence-electron chi connectivity index (χ1n) is 7.66. The Kier molecular flexibility index (Phi) is 15.5. The van der Waals surface area contributed by atoms with Crippen molar-refractivity contribution in [2.24, 2.45) is 0 Å². The number of unbranched alkanes of at least 4 members (excludes halogenated alkanes) is 6. The standard InChI is InChI=1S/C18H31/c1-3-5-7-9-11-13-15-17-18-16-14-12-10-8-6-4-2/h6,8,12,14,17-18H,1,3-5,7,9-11,13,15-16H2,2H3/b8-6?,14-12?,18-17-. The molecule has 0 unspecified atom stereocenters. The highest BCUT2D eigenvalue weighted by molar-refractivity contribution is 4.96. The van der Waals surface area contributed by atoms with Crippen LogP contribution in [0.25, 0.3) is 0 Å². The molecule has 0 aromatic rings. The molecule has 0 nitrogen and oxygen atoms in total. The summed E-state index contributed by atoms with van der Waals surface area (Å²) < 4.78 is 0. The smallest absolute Gasteiger partial charge is 0.0169 e. The van der Waals surface area contributed by atoms with Gasteiger partial charge in [-0.3, -0.25) is 0 Å². The van der Waals surface area contributed by atoms with Gasteiger partial charge in [-0.25, -0.2) is 0 Å². The highest BCUT2D eigenvalue weighted by Gasteiger charge is 1.87. The van der Waals surface area contributed by atoms with Crippen molar-refractivity contribution in [2.45, 2.75) is 71.1 Å². The molecule has 0 saturated carbocycles. The van der Waals surface area contributed by atoms with E-state index in [2.05, 4.69) is 50.3 Å². The molecule has 0 fully saturated rings. The molecule has 0 aromatic carbocycles. The zero-order valence-electron chi connectivity index (χ0n) is 12.2. The Morgan fingerprint density at radius 2 is 1.22 bits per heavy atom. The Morgan fingerprint density at radius 3 is 1.89 bits per heavy atom. The molecule has 0 aliphatic rings. The Morgan fingerprint density at radius 1 is 0.667 bits per heavy atom. The molecule has 0 aliphatic carbocycles. The van der Waals surface area contributed by atoms with Crippen LogP contribution in [0.4, 0.5) is 0 Å². The van der Waals surface area contributed by atoms with E-state index in [4.69, 9.17) is 0 Å². The molecule has 0 bridgehead atoms. The molecule has 18 heavy (non-hydrogen) atoms. The van der Waals surface area contributed by atoms with Crippen LogP contribution in [0.5, 0.6) is 0 Å². The van der Waals surface area contributed by atoms with Gasteiger partial charge in [-0.2, -0.15) is 0 Å². The lowest BCUT2D eigenvalue weighted by Gasteiger charge is -1.97. The van der Waals surface area contributed by atoms with Crippen LogP contribution in [0.3, 0.4) is 0 Å². The van der Waals surface area contributed by atoms with Gasteiger partial charge in [0.2, 0.25) is 0 Å². The van der Waals surface area contributed by atoms with E-state index in [1.54, 1.807) is 0 Å². The maximum Gasteiger partial charge on any atom is -0.0169 e. The molecule has 0 heteroatoms. The molecule has 0 heterocycles. The average Bonchev–Trinajstić information content (AvgIpc) is 2.39. The van der Waals surface area contributed by atoms with Gasteiger partial charge in [-0.1, -0.05) is 82.4 Å². The predicted octanol–water partition coefficient (Wildman–Crippen LogP) is 6.41. The van der Waals surface area contributed by atoms with Crippen molar-refractivity contribution >= 4 is 0 Å². The normalized spacial score (nSPS) is 12.3. The van der Waals surface area contributed by atoms with Crippen LogP contribution >= 0.6 is 0 Å². The highest BCUT2D eigenvalue weighted by atomic mass is 13.9. The molecular weight excluding hydrogens is 216 g/mol. The van der Waals surface area contributed by atoms with Crippen molar-refractivity contribution in [2.75, 3.05) is 0 Å². The maximum atomic E-state index is 3.86. The third-order valence-electron chi connectivity index (χ3n) is 2.90. The van der Waals surface area contributed by atoms with Crippen LogP contribution in [-0.2, 0) is 0 Å². The molecule has 0 N–H and O–H groups in total. The highest BCUT2D eigenvalue weighted by Crippen LogP contribution is 2.07. The third kappa shape index (κ3) is 15.2. The lowest BCUT2D eigenvalue weighted by molar-refractivity contribution is 0.621. The topological polar surface area (TPSA) is 0 Å². The lowest BCUT2D eigenvalue weighted by atomic mass is 10.1. The molecule has 0 aliphatic heterocycles. The number of rotatable bonds is 12. The van der Waals surface area contributed by atoms with Crippen LogP contribution in [0.15, 0.2) is 36.5 Å². The minimum Gasteiger partial charge on any atom is -0.0885 e. The van der Waals surface area contributed by atoms with E-state index < -0.39 is 0 Å². The van der Waals surface area contributed by atoms with Crippen molar-refractivity contribution in [1.82, 2.24) is 0 Å². The molecule has 0 atom stereocenters. The van der Waals surface area contributed by atoms with E-state index in [0.717, 1.165) is 25.7 Å². The summed E-state index contributed by atoms with van der Waals surface area (Å²) in [5.41, 5.74) is 0. The fraction of sp³-hybridized carbons (Fsp3) is 0.611. The minimum atomic E-state index is 1.08. The summed E-state index contributed by atoms with van der Waals surface area (Å²) in [6.45, 7) is 6.03. The van der Waals surface area contributed by atoms with Gasteiger partial charge >= 0.3 is 0 Å². The van der Waals surface area contributed by atoms with Gasteiger partial charge in [0.05, 0.1) is 0 Å². The SMILES string of the molecule is [CH2]CCCCCCC/C=C\CC=CCC=CCC. The number of allylic oxidation sites excluding steroid dienone is 6. The van der Waals surface area contributed by atoms with Gasteiger partial charge in [-0.05, 0) is 32.1 Å². The molecule has 0 aromatic heterocycles. The molecule has 1 radical (unpaired) electrons. The Hall–Kier alpha value is -0.780. The summed E-state index contributed by atoms with van der Waals surface area (Å²) in [5, 5.41) is 0. The van der Waals surface area contributed by atoms with Gasteiger partial charge in [0.25, 0.3) is 0 Å². The summed E-state index contributed by atoms with van der Waals surface area (Å²) in [4.78, 5) is 0. The maximum absolute atomic E-state index is 3.86. The quantitative estimate of drug-likeness (QED) is 0.276. The van der Waals surface area contributed by atoms with Gasteiger partial charge in [0.15, 0.2) is 0 Å². The minimum absolute atomic E-state index is 1.08. The first-order valence-corrected chi connectivity index (χ1v) is 7.66. The first-order chi connectivity index (χ1) is 8.91. The third-order valence-corrected chi connectivity index (χ3v) is 2.90. The van der Waals surface area contributed by atoms with Crippen molar-refractivity contribution in [3.8, 4) is 0 Å². The van der Waals surface area contributed by atoms with Crippen LogP contribution in [-0.4, -0.2) is 0 Å². The number of hydrogen-bond acceptors (Lipinski definition) is 0.